The van der Waals surface area contributed by atoms with Gasteiger partial charge in [0.15, 0.2) is 0 Å². The fourth-order valence-electron chi connectivity index (χ4n) is 2.30. The van der Waals surface area contributed by atoms with E-state index in [2.05, 4.69) is 0 Å². The van der Waals surface area contributed by atoms with Crippen molar-refractivity contribution < 1.29 is 9.90 Å². The van der Waals surface area contributed by atoms with Crippen molar-refractivity contribution in [3.63, 3.8) is 0 Å². The fraction of sp³-hybridized carbons (Fsp3) is 0.357. The average Bonchev–Trinajstić information content (AvgIpc) is 2.71. The third-order valence-corrected chi connectivity index (χ3v) is 4.24. The quantitative estimate of drug-likeness (QED) is 0.890. The van der Waals surface area contributed by atoms with E-state index in [1.165, 1.54) is 0 Å². The summed E-state index contributed by atoms with van der Waals surface area (Å²) in [5.41, 5.74) is 7.12. The Morgan fingerprint density at radius 3 is 2.61 bits per heavy atom. The molecule has 0 aliphatic heterocycles. The van der Waals surface area contributed by atoms with Gasteiger partial charge >= 0.3 is 5.97 Å². The molecule has 1 heterocycles. The second-order valence-electron chi connectivity index (χ2n) is 4.82. The number of fused-ring (bicyclic) bond motifs is 1. The molecule has 96 valence electrons. The molecule has 0 spiro atoms. The number of nitrogens with two attached hydrogens (primary N) is 1. The van der Waals surface area contributed by atoms with Crippen molar-refractivity contribution >= 4 is 27.4 Å². The van der Waals surface area contributed by atoms with Gasteiger partial charge in [0.2, 0.25) is 0 Å². The minimum Gasteiger partial charge on any atom is -0.481 e. The number of carboxylic acids is 1. The number of carboxylic acid groups (broad SMARTS) is 1. The maximum Gasteiger partial charge on any atom is 0.308 e. The lowest BCUT2D eigenvalue weighted by Crippen LogP contribution is -2.32. The molecule has 3 N–H and O–H groups in total. The Morgan fingerprint density at radius 2 is 2.00 bits per heavy atom. The van der Waals surface area contributed by atoms with E-state index in [1.54, 1.807) is 11.3 Å². The largest absolute Gasteiger partial charge is 0.481 e. The minimum atomic E-state index is -0.826. The summed E-state index contributed by atoms with van der Waals surface area (Å²) in [7, 11) is 0. The number of hydrogen-bond acceptors (Lipinski definition) is 3. The first-order chi connectivity index (χ1) is 8.52. The summed E-state index contributed by atoms with van der Waals surface area (Å²) < 4.78 is 1.15. The van der Waals surface area contributed by atoms with Gasteiger partial charge in [0.25, 0.3) is 0 Å². The van der Waals surface area contributed by atoms with Gasteiger partial charge in [-0.2, -0.15) is 0 Å². The molecule has 0 fully saturated rings. The normalized spacial score (nSPS) is 14.9. The molecule has 0 amide bonds. The summed E-state index contributed by atoms with van der Waals surface area (Å²) in [6, 6.07) is 7.50. The number of hydrogen-bond donors (Lipinski definition) is 2. The Balaban J connectivity index is 2.44. The Labute approximate surface area is 110 Å². The first-order valence-electron chi connectivity index (χ1n) is 5.97. The molecule has 0 aliphatic carbocycles. The van der Waals surface area contributed by atoms with Crippen molar-refractivity contribution in [3.05, 3.63) is 35.2 Å². The molecule has 1 aromatic heterocycles. The standard InChI is InChI=1S/C14H17NO2S/c1-8(2)12(14(16)17)13(15)10-7-18-11-6-4-3-5-9(10)11/h3-8,12-13H,15H2,1-2H3,(H,16,17). The topological polar surface area (TPSA) is 63.3 Å². The van der Waals surface area contributed by atoms with Crippen LogP contribution >= 0.6 is 11.3 Å². The Bertz CT molecular complexity index is 562. The van der Waals surface area contributed by atoms with Gasteiger partial charge in [-0.25, -0.2) is 0 Å². The predicted molar refractivity (Wildman–Crippen MR) is 74.7 cm³/mol. The van der Waals surface area contributed by atoms with E-state index < -0.39 is 17.9 Å². The average molecular weight is 263 g/mol. The van der Waals surface area contributed by atoms with E-state index in [9.17, 15) is 9.90 Å². The van der Waals surface area contributed by atoms with Crippen molar-refractivity contribution in [3.8, 4) is 0 Å². The molecule has 0 bridgehead atoms. The molecule has 2 atom stereocenters. The van der Waals surface area contributed by atoms with Crippen LogP contribution in [0.1, 0.15) is 25.5 Å². The van der Waals surface area contributed by atoms with Crippen LogP contribution in [0.2, 0.25) is 0 Å². The molecule has 18 heavy (non-hydrogen) atoms. The number of carbonyl (C=O) groups is 1. The zero-order chi connectivity index (χ0) is 13.3. The molecule has 1 aromatic carbocycles. The van der Waals surface area contributed by atoms with E-state index >= 15 is 0 Å². The third kappa shape index (κ3) is 2.26. The summed E-state index contributed by atoms with van der Waals surface area (Å²) in [5, 5.41) is 12.4. The van der Waals surface area contributed by atoms with Crippen LogP contribution in [0.3, 0.4) is 0 Å². The number of aliphatic carboxylic acids is 1. The molecule has 0 saturated heterocycles. The zero-order valence-corrected chi connectivity index (χ0v) is 11.3. The van der Waals surface area contributed by atoms with E-state index in [-0.39, 0.29) is 5.92 Å². The van der Waals surface area contributed by atoms with Crippen LogP contribution < -0.4 is 5.73 Å². The van der Waals surface area contributed by atoms with Crippen LogP contribution in [-0.2, 0) is 4.79 Å². The highest BCUT2D eigenvalue weighted by Gasteiger charge is 2.30. The van der Waals surface area contributed by atoms with Crippen molar-refractivity contribution in [1.29, 1.82) is 0 Å². The predicted octanol–water partition coefficient (Wildman–Crippen LogP) is 3.26. The second kappa shape index (κ2) is 5.08. The van der Waals surface area contributed by atoms with Crippen molar-refractivity contribution in [2.24, 2.45) is 17.6 Å². The van der Waals surface area contributed by atoms with E-state index in [0.717, 1.165) is 15.6 Å². The summed E-state index contributed by atoms with van der Waals surface area (Å²) in [6.45, 7) is 3.79. The van der Waals surface area contributed by atoms with Gasteiger partial charge in [0, 0.05) is 10.7 Å². The van der Waals surface area contributed by atoms with Gasteiger partial charge in [-0.1, -0.05) is 32.0 Å². The van der Waals surface area contributed by atoms with Gasteiger partial charge in [0.1, 0.15) is 0 Å². The van der Waals surface area contributed by atoms with Crippen molar-refractivity contribution in [2.45, 2.75) is 19.9 Å². The minimum absolute atomic E-state index is 0.0103. The van der Waals surface area contributed by atoms with Gasteiger partial charge < -0.3 is 10.8 Å². The fourth-order valence-corrected chi connectivity index (χ4v) is 3.31. The van der Waals surface area contributed by atoms with Gasteiger partial charge in [-0.05, 0) is 28.3 Å². The van der Waals surface area contributed by atoms with Crippen molar-refractivity contribution in [1.82, 2.24) is 0 Å². The highest BCUT2D eigenvalue weighted by atomic mass is 32.1. The first kappa shape index (κ1) is 13.1. The lowest BCUT2D eigenvalue weighted by molar-refractivity contribution is -0.144. The van der Waals surface area contributed by atoms with Crippen LogP contribution in [0.15, 0.2) is 29.6 Å². The highest BCUT2D eigenvalue weighted by Crippen LogP contribution is 2.34. The highest BCUT2D eigenvalue weighted by molar-refractivity contribution is 7.17. The maximum absolute atomic E-state index is 11.3. The first-order valence-corrected chi connectivity index (χ1v) is 6.85. The van der Waals surface area contributed by atoms with Crippen LogP contribution in [-0.4, -0.2) is 11.1 Å². The van der Waals surface area contributed by atoms with Gasteiger partial charge in [0.05, 0.1) is 5.92 Å². The summed E-state index contributed by atoms with van der Waals surface area (Å²) in [5.74, 6) is -1.37. The summed E-state index contributed by atoms with van der Waals surface area (Å²) >= 11 is 1.61. The molecular weight excluding hydrogens is 246 g/mol. The van der Waals surface area contributed by atoms with Crippen LogP contribution in [0.4, 0.5) is 0 Å². The molecule has 2 unspecified atom stereocenters. The molecule has 4 heteroatoms. The number of rotatable bonds is 4. The Morgan fingerprint density at radius 1 is 1.33 bits per heavy atom. The zero-order valence-electron chi connectivity index (χ0n) is 10.5. The van der Waals surface area contributed by atoms with E-state index in [1.807, 2.05) is 43.5 Å². The summed E-state index contributed by atoms with van der Waals surface area (Å²) in [6.07, 6.45) is 0. The van der Waals surface area contributed by atoms with Gasteiger partial charge in [-0.15, -0.1) is 11.3 Å². The van der Waals surface area contributed by atoms with Gasteiger partial charge in [-0.3, -0.25) is 4.79 Å². The van der Waals surface area contributed by atoms with E-state index in [0.29, 0.717) is 0 Å². The Hall–Kier alpha value is -1.39. The number of benzene rings is 1. The smallest absolute Gasteiger partial charge is 0.308 e. The molecule has 0 aliphatic rings. The molecule has 0 radical (unpaired) electrons. The number of thiophene rings is 1. The molecule has 2 rings (SSSR count). The third-order valence-electron chi connectivity index (χ3n) is 3.26. The molecule has 0 saturated carbocycles. The summed E-state index contributed by atoms with van der Waals surface area (Å²) in [4.78, 5) is 11.3. The van der Waals surface area contributed by atoms with Crippen LogP contribution in [0.5, 0.6) is 0 Å². The monoisotopic (exact) mass is 263 g/mol. The molecular formula is C14H17NO2S. The lowest BCUT2D eigenvalue weighted by atomic mass is 9.85. The van der Waals surface area contributed by atoms with Crippen LogP contribution in [0, 0.1) is 11.8 Å². The second-order valence-corrected chi connectivity index (χ2v) is 5.73. The molecule has 3 nitrogen and oxygen atoms in total. The van der Waals surface area contributed by atoms with Crippen molar-refractivity contribution in [2.75, 3.05) is 0 Å². The SMILES string of the molecule is CC(C)C(C(=O)O)C(N)c1csc2ccccc12. The van der Waals surface area contributed by atoms with Crippen LogP contribution in [0.25, 0.3) is 10.1 Å². The Kier molecular flexibility index (Phi) is 3.68. The van der Waals surface area contributed by atoms with E-state index in [4.69, 9.17) is 5.73 Å². The maximum atomic E-state index is 11.3. The lowest BCUT2D eigenvalue weighted by Gasteiger charge is -2.23. The molecule has 2 aromatic rings.